The number of hydrogen-bond acceptors (Lipinski definition) is 5. The summed E-state index contributed by atoms with van der Waals surface area (Å²) in [5.41, 5.74) is 1.04. The number of nitro benzene ring substituents is 1. The van der Waals surface area contributed by atoms with E-state index in [-0.39, 0.29) is 36.0 Å². The lowest BCUT2D eigenvalue weighted by atomic mass is 9.95. The van der Waals surface area contributed by atoms with Crippen LogP contribution in [-0.4, -0.2) is 38.9 Å². The average Bonchev–Trinajstić information content (AvgIpc) is 3.17. The molecule has 1 aliphatic heterocycles. The first kappa shape index (κ1) is 19.1. The zero-order chi connectivity index (χ0) is 20.4. The van der Waals surface area contributed by atoms with Gasteiger partial charge >= 0.3 is 0 Å². The highest BCUT2D eigenvalue weighted by Crippen LogP contribution is 2.29. The third-order valence-electron chi connectivity index (χ3n) is 5.62. The maximum atomic E-state index is 12.6. The minimum absolute atomic E-state index is 0.0136. The van der Waals surface area contributed by atoms with Gasteiger partial charge in [-0.1, -0.05) is 19.3 Å². The van der Waals surface area contributed by atoms with E-state index in [0.717, 1.165) is 25.7 Å². The van der Waals surface area contributed by atoms with Gasteiger partial charge in [-0.25, -0.2) is 4.98 Å². The highest BCUT2D eigenvalue weighted by Gasteiger charge is 2.30. The molecule has 0 bridgehead atoms. The van der Waals surface area contributed by atoms with E-state index in [1.807, 2.05) is 0 Å². The van der Waals surface area contributed by atoms with Crippen LogP contribution in [0.4, 0.5) is 5.69 Å². The summed E-state index contributed by atoms with van der Waals surface area (Å²) in [7, 11) is 0. The van der Waals surface area contributed by atoms with Crippen molar-refractivity contribution in [2.75, 3.05) is 6.54 Å². The van der Waals surface area contributed by atoms with Crippen molar-refractivity contribution in [3.63, 3.8) is 0 Å². The summed E-state index contributed by atoms with van der Waals surface area (Å²) in [4.78, 5) is 39.7. The molecule has 1 aromatic heterocycles. The van der Waals surface area contributed by atoms with E-state index in [2.05, 4.69) is 15.6 Å². The summed E-state index contributed by atoms with van der Waals surface area (Å²) >= 11 is 0. The predicted molar refractivity (Wildman–Crippen MR) is 105 cm³/mol. The van der Waals surface area contributed by atoms with Crippen LogP contribution in [0.15, 0.2) is 30.5 Å². The quantitative estimate of drug-likeness (QED) is 0.594. The van der Waals surface area contributed by atoms with Gasteiger partial charge in [0, 0.05) is 36.7 Å². The van der Waals surface area contributed by atoms with Crippen molar-refractivity contribution in [3.05, 3.63) is 46.3 Å². The first-order valence-corrected chi connectivity index (χ1v) is 9.92. The largest absolute Gasteiger partial charge is 0.353 e. The number of benzene rings is 1. The molecule has 152 valence electrons. The molecule has 0 spiro atoms. The van der Waals surface area contributed by atoms with E-state index in [9.17, 15) is 19.7 Å². The van der Waals surface area contributed by atoms with Crippen LogP contribution in [0.3, 0.4) is 0 Å². The zero-order valence-corrected chi connectivity index (χ0v) is 16.0. The summed E-state index contributed by atoms with van der Waals surface area (Å²) in [5.74, 6) is 0.252. The molecule has 1 fully saturated rings. The van der Waals surface area contributed by atoms with Gasteiger partial charge in [0.25, 0.3) is 11.6 Å². The number of hydrogen-bond donors (Lipinski definition) is 2. The second-order valence-electron chi connectivity index (χ2n) is 7.61. The molecule has 1 aromatic carbocycles. The molecule has 9 heteroatoms. The number of nitro groups is 1. The van der Waals surface area contributed by atoms with E-state index in [1.54, 1.807) is 16.7 Å². The van der Waals surface area contributed by atoms with Crippen molar-refractivity contribution in [2.45, 2.75) is 50.6 Å². The van der Waals surface area contributed by atoms with Crippen molar-refractivity contribution in [2.24, 2.45) is 0 Å². The fraction of sp³-hybridized carbons (Fsp3) is 0.450. The van der Waals surface area contributed by atoms with Crippen LogP contribution >= 0.6 is 0 Å². The lowest BCUT2D eigenvalue weighted by Gasteiger charge is -2.28. The molecule has 2 aliphatic rings. The van der Waals surface area contributed by atoms with Crippen molar-refractivity contribution in [3.8, 4) is 11.4 Å². The number of carbonyl (C=O) groups is 2. The van der Waals surface area contributed by atoms with Gasteiger partial charge in [0.1, 0.15) is 11.5 Å². The molecule has 1 aliphatic carbocycles. The van der Waals surface area contributed by atoms with Crippen molar-refractivity contribution in [1.82, 2.24) is 20.2 Å². The van der Waals surface area contributed by atoms with Gasteiger partial charge in [-0.05, 0) is 25.0 Å². The molecule has 1 saturated carbocycles. The third-order valence-corrected chi connectivity index (χ3v) is 5.62. The molecule has 2 heterocycles. The second kappa shape index (κ2) is 8.02. The van der Waals surface area contributed by atoms with Crippen LogP contribution in [-0.2, 0) is 4.79 Å². The highest BCUT2D eigenvalue weighted by molar-refractivity contribution is 5.94. The molecule has 9 nitrogen and oxygen atoms in total. The number of non-ortho nitro benzene ring substituents is 1. The fourth-order valence-electron chi connectivity index (χ4n) is 4.15. The molecule has 4 rings (SSSR count). The van der Waals surface area contributed by atoms with Gasteiger partial charge in [0.2, 0.25) is 5.91 Å². The van der Waals surface area contributed by atoms with Crippen molar-refractivity contribution >= 4 is 17.5 Å². The maximum Gasteiger partial charge on any atom is 0.269 e. The molecule has 1 unspecified atom stereocenters. The molecule has 2 N–H and O–H groups in total. The summed E-state index contributed by atoms with van der Waals surface area (Å²) < 4.78 is 1.78. The number of nitrogens with zero attached hydrogens (tertiary/aromatic N) is 3. The standard InChI is InChI=1S/C20H23N5O4/c26-18(23-14-4-2-1-3-5-14)10-16-11-22-20(27)17-12-21-19(24(16)17)13-6-8-15(9-7-13)25(28)29/h6-9,12,14,16H,1-5,10-11H2,(H,22,27)(H,23,26). The molecule has 0 saturated heterocycles. The van der Waals surface area contributed by atoms with E-state index < -0.39 is 4.92 Å². The number of carbonyl (C=O) groups excluding carboxylic acids is 2. The Bertz CT molecular complexity index is 931. The Labute approximate surface area is 167 Å². The fourth-order valence-corrected chi connectivity index (χ4v) is 4.15. The SMILES string of the molecule is O=C(CC1CNC(=O)c2cnc(-c3ccc([N+](=O)[O-])cc3)n21)NC1CCCCC1. The molecular formula is C20H23N5O4. The lowest BCUT2D eigenvalue weighted by molar-refractivity contribution is -0.384. The van der Waals surface area contributed by atoms with E-state index in [0.29, 0.717) is 23.6 Å². The number of amides is 2. The van der Waals surface area contributed by atoms with Gasteiger partial charge in [-0.2, -0.15) is 0 Å². The van der Waals surface area contributed by atoms with Crippen LogP contribution in [0.2, 0.25) is 0 Å². The summed E-state index contributed by atoms with van der Waals surface area (Å²) in [5, 5.41) is 16.8. The van der Waals surface area contributed by atoms with Gasteiger partial charge < -0.3 is 15.2 Å². The second-order valence-corrected chi connectivity index (χ2v) is 7.61. The van der Waals surface area contributed by atoms with Crippen molar-refractivity contribution < 1.29 is 14.5 Å². The third kappa shape index (κ3) is 3.98. The molecule has 1 atom stereocenters. The van der Waals surface area contributed by atoms with Crippen LogP contribution in [0, 0.1) is 10.1 Å². The number of aromatic nitrogens is 2. The van der Waals surface area contributed by atoms with Gasteiger partial charge in [-0.3, -0.25) is 19.7 Å². The van der Waals surface area contributed by atoms with Gasteiger partial charge in [0.15, 0.2) is 0 Å². The smallest absolute Gasteiger partial charge is 0.269 e. The maximum absolute atomic E-state index is 12.6. The topological polar surface area (TPSA) is 119 Å². The van der Waals surface area contributed by atoms with Crippen LogP contribution < -0.4 is 10.6 Å². The molecule has 2 amide bonds. The normalized spacial score (nSPS) is 19.3. The first-order valence-electron chi connectivity index (χ1n) is 9.92. The summed E-state index contributed by atoms with van der Waals surface area (Å²) in [6.45, 7) is 0.334. The Kier molecular flexibility index (Phi) is 5.28. The zero-order valence-electron chi connectivity index (χ0n) is 16.0. The van der Waals surface area contributed by atoms with Gasteiger partial charge in [-0.15, -0.1) is 0 Å². The molecule has 29 heavy (non-hydrogen) atoms. The molecule has 2 aromatic rings. The number of nitrogens with one attached hydrogen (secondary N) is 2. The van der Waals surface area contributed by atoms with Crippen LogP contribution in [0.25, 0.3) is 11.4 Å². The van der Waals surface area contributed by atoms with Crippen molar-refractivity contribution in [1.29, 1.82) is 0 Å². The number of fused-ring (bicyclic) bond motifs is 1. The van der Waals surface area contributed by atoms with Gasteiger partial charge in [0.05, 0.1) is 17.2 Å². The summed E-state index contributed by atoms with van der Waals surface area (Å²) in [6.07, 6.45) is 7.24. The Balaban J connectivity index is 1.57. The summed E-state index contributed by atoms with van der Waals surface area (Å²) in [6, 6.07) is 6.00. The Morgan fingerprint density at radius 2 is 1.97 bits per heavy atom. The highest BCUT2D eigenvalue weighted by atomic mass is 16.6. The van der Waals surface area contributed by atoms with E-state index in [4.69, 9.17) is 0 Å². The number of rotatable bonds is 5. The van der Waals surface area contributed by atoms with Crippen LogP contribution in [0.5, 0.6) is 0 Å². The minimum atomic E-state index is -0.462. The lowest BCUT2D eigenvalue weighted by Crippen LogP contribution is -2.43. The first-order chi connectivity index (χ1) is 14.0. The Morgan fingerprint density at radius 1 is 1.24 bits per heavy atom. The average molecular weight is 397 g/mol. The predicted octanol–water partition coefficient (Wildman–Crippen LogP) is 2.58. The van der Waals surface area contributed by atoms with E-state index in [1.165, 1.54) is 24.8 Å². The Hall–Kier alpha value is -3.23. The number of imidazole rings is 1. The monoisotopic (exact) mass is 397 g/mol. The van der Waals surface area contributed by atoms with E-state index >= 15 is 0 Å². The van der Waals surface area contributed by atoms with Crippen LogP contribution in [0.1, 0.15) is 55.1 Å². The Morgan fingerprint density at radius 3 is 2.66 bits per heavy atom. The minimum Gasteiger partial charge on any atom is -0.353 e. The molecule has 0 radical (unpaired) electrons. The molecular weight excluding hydrogens is 374 g/mol.